The summed E-state index contributed by atoms with van der Waals surface area (Å²) in [5.41, 5.74) is 5.53. The molecule has 1 aromatic heterocycles. The van der Waals surface area contributed by atoms with Gasteiger partial charge in [-0.3, -0.25) is 0 Å². The van der Waals surface area contributed by atoms with E-state index in [1.807, 2.05) is 31.2 Å². The second-order valence-corrected chi connectivity index (χ2v) is 7.26. The summed E-state index contributed by atoms with van der Waals surface area (Å²) in [6.45, 7) is 2.01. The van der Waals surface area contributed by atoms with Crippen molar-refractivity contribution in [2.24, 2.45) is 7.05 Å². The van der Waals surface area contributed by atoms with E-state index >= 15 is 0 Å². The average molecular weight is 376 g/mol. The molecule has 1 aliphatic rings. The SMILES string of the molecule is C[C@H](NC(=O)Nc1cccc(-c2nnnn2C)c1)c1ccc2c(c1)CCCC2. The molecule has 0 fully saturated rings. The van der Waals surface area contributed by atoms with E-state index in [1.54, 1.807) is 11.7 Å². The normalized spacial score (nSPS) is 14.2. The number of nitrogens with zero attached hydrogens (tertiary/aromatic N) is 4. The van der Waals surface area contributed by atoms with Crippen LogP contribution in [0.1, 0.15) is 42.5 Å². The fraction of sp³-hybridized carbons (Fsp3) is 0.333. The number of carbonyl (C=O) groups is 1. The molecule has 1 heterocycles. The molecule has 3 aromatic rings. The summed E-state index contributed by atoms with van der Waals surface area (Å²) in [5, 5.41) is 17.4. The molecule has 0 saturated carbocycles. The summed E-state index contributed by atoms with van der Waals surface area (Å²) in [6.07, 6.45) is 4.81. The summed E-state index contributed by atoms with van der Waals surface area (Å²) in [7, 11) is 1.78. The molecule has 144 valence electrons. The minimum atomic E-state index is -0.238. The highest BCUT2D eigenvalue weighted by Crippen LogP contribution is 2.25. The lowest BCUT2D eigenvalue weighted by atomic mass is 9.89. The number of carbonyl (C=O) groups excluding carboxylic acids is 1. The van der Waals surface area contributed by atoms with E-state index in [2.05, 4.69) is 44.4 Å². The number of hydrogen-bond acceptors (Lipinski definition) is 4. The third kappa shape index (κ3) is 3.88. The number of hydrogen-bond donors (Lipinski definition) is 2. The van der Waals surface area contributed by atoms with Crippen LogP contribution in [0.2, 0.25) is 0 Å². The summed E-state index contributed by atoms with van der Waals surface area (Å²) >= 11 is 0. The number of tetrazole rings is 1. The Labute approximate surface area is 164 Å². The fourth-order valence-electron chi connectivity index (χ4n) is 3.68. The number of amides is 2. The van der Waals surface area contributed by atoms with E-state index in [0.29, 0.717) is 11.5 Å². The molecule has 0 spiro atoms. The van der Waals surface area contributed by atoms with Gasteiger partial charge in [-0.15, -0.1) is 5.10 Å². The first-order chi connectivity index (χ1) is 13.6. The molecule has 2 amide bonds. The quantitative estimate of drug-likeness (QED) is 0.728. The van der Waals surface area contributed by atoms with Gasteiger partial charge < -0.3 is 10.6 Å². The molecule has 0 bridgehead atoms. The second kappa shape index (κ2) is 7.80. The van der Waals surface area contributed by atoms with Crippen molar-refractivity contribution in [1.82, 2.24) is 25.5 Å². The minimum Gasteiger partial charge on any atom is -0.331 e. The van der Waals surface area contributed by atoms with Crippen molar-refractivity contribution >= 4 is 11.7 Å². The van der Waals surface area contributed by atoms with Gasteiger partial charge in [-0.05, 0) is 71.9 Å². The Balaban J connectivity index is 1.42. The third-order valence-electron chi connectivity index (χ3n) is 5.22. The van der Waals surface area contributed by atoms with Crippen molar-refractivity contribution in [1.29, 1.82) is 0 Å². The van der Waals surface area contributed by atoms with E-state index in [4.69, 9.17) is 0 Å². The maximum Gasteiger partial charge on any atom is 0.319 e. The highest BCUT2D eigenvalue weighted by atomic mass is 16.2. The van der Waals surface area contributed by atoms with E-state index in [9.17, 15) is 4.79 Å². The predicted octanol–water partition coefficient (Wildman–Crippen LogP) is 3.64. The number of anilines is 1. The van der Waals surface area contributed by atoms with Crippen LogP contribution in [0.15, 0.2) is 42.5 Å². The number of aryl methyl sites for hydroxylation is 3. The maximum absolute atomic E-state index is 12.5. The first-order valence-corrected chi connectivity index (χ1v) is 9.62. The molecule has 2 N–H and O–H groups in total. The van der Waals surface area contributed by atoms with Crippen molar-refractivity contribution in [2.45, 2.75) is 38.6 Å². The molecule has 4 rings (SSSR count). The molecular formula is C21H24N6O. The van der Waals surface area contributed by atoms with Gasteiger partial charge in [-0.25, -0.2) is 9.48 Å². The molecule has 7 heteroatoms. The minimum absolute atomic E-state index is 0.0710. The monoisotopic (exact) mass is 376 g/mol. The number of fused-ring (bicyclic) bond motifs is 1. The molecule has 2 aromatic carbocycles. The first kappa shape index (κ1) is 18.2. The number of rotatable bonds is 4. The Kier molecular flexibility index (Phi) is 5.06. The van der Waals surface area contributed by atoms with Crippen LogP contribution in [0.5, 0.6) is 0 Å². The van der Waals surface area contributed by atoms with Crippen LogP contribution >= 0.6 is 0 Å². The van der Waals surface area contributed by atoms with E-state index in [-0.39, 0.29) is 12.1 Å². The van der Waals surface area contributed by atoms with Gasteiger partial charge in [-0.2, -0.15) is 0 Å². The number of benzene rings is 2. The maximum atomic E-state index is 12.5. The first-order valence-electron chi connectivity index (χ1n) is 9.62. The smallest absolute Gasteiger partial charge is 0.319 e. The second-order valence-electron chi connectivity index (χ2n) is 7.26. The Morgan fingerprint density at radius 3 is 2.71 bits per heavy atom. The summed E-state index contributed by atoms with van der Waals surface area (Å²) < 4.78 is 1.59. The van der Waals surface area contributed by atoms with Crippen LogP contribution in [-0.4, -0.2) is 26.2 Å². The van der Waals surface area contributed by atoms with Crippen LogP contribution in [-0.2, 0) is 19.9 Å². The summed E-state index contributed by atoms with van der Waals surface area (Å²) in [5.74, 6) is 0.645. The van der Waals surface area contributed by atoms with Crippen molar-refractivity contribution in [3.63, 3.8) is 0 Å². The predicted molar refractivity (Wildman–Crippen MR) is 108 cm³/mol. The molecule has 0 unspecified atom stereocenters. The fourth-order valence-corrected chi connectivity index (χ4v) is 3.68. The van der Waals surface area contributed by atoms with Crippen molar-refractivity contribution in [2.75, 3.05) is 5.32 Å². The van der Waals surface area contributed by atoms with E-state index < -0.39 is 0 Å². The van der Waals surface area contributed by atoms with Gasteiger partial charge in [-0.1, -0.05) is 30.3 Å². The largest absolute Gasteiger partial charge is 0.331 e. The van der Waals surface area contributed by atoms with Crippen LogP contribution in [0.4, 0.5) is 10.5 Å². The Hall–Kier alpha value is -3.22. The number of nitrogens with one attached hydrogen (secondary N) is 2. The zero-order valence-corrected chi connectivity index (χ0v) is 16.1. The van der Waals surface area contributed by atoms with E-state index in [1.165, 1.54) is 24.0 Å². The molecule has 7 nitrogen and oxygen atoms in total. The molecule has 0 aliphatic heterocycles. The molecule has 1 aliphatic carbocycles. The van der Waals surface area contributed by atoms with Gasteiger partial charge in [0, 0.05) is 18.3 Å². The molecule has 1 atom stereocenters. The Morgan fingerprint density at radius 2 is 1.93 bits per heavy atom. The molecule has 0 radical (unpaired) electrons. The highest BCUT2D eigenvalue weighted by Gasteiger charge is 2.14. The average Bonchev–Trinajstić information content (AvgIpc) is 3.13. The summed E-state index contributed by atoms with van der Waals surface area (Å²) in [6, 6.07) is 13.7. The topological polar surface area (TPSA) is 84.7 Å². The lowest BCUT2D eigenvalue weighted by molar-refractivity contribution is 0.249. The Bertz CT molecular complexity index is 996. The van der Waals surface area contributed by atoms with Gasteiger partial charge in [0.1, 0.15) is 0 Å². The van der Waals surface area contributed by atoms with Crippen molar-refractivity contribution < 1.29 is 4.79 Å². The Morgan fingerprint density at radius 1 is 1.11 bits per heavy atom. The van der Waals surface area contributed by atoms with Crippen LogP contribution in [0, 0.1) is 0 Å². The van der Waals surface area contributed by atoms with Gasteiger partial charge in [0.2, 0.25) is 0 Å². The number of urea groups is 1. The third-order valence-corrected chi connectivity index (χ3v) is 5.22. The van der Waals surface area contributed by atoms with Crippen LogP contribution < -0.4 is 10.6 Å². The van der Waals surface area contributed by atoms with Gasteiger partial charge in [0.15, 0.2) is 5.82 Å². The zero-order chi connectivity index (χ0) is 19.5. The molecule has 28 heavy (non-hydrogen) atoms. The van der Waals surface area contributed by atoms with Gasteiger partial charge in [0.05, 0.1) is 6.04 Å². The summed E-state index contributed by atoms with van der Waals surface area (Å²) in [4.78, 5) is 12.5. The van der Waals surface area contributed by atoms with Crippen LogP contribution in [0.3, 0.4) is 0 Å². The zero-order valence-electron chi connectivity index (χ0n) is 16.1. The lowest BCUT2D eigenvalue weighted by Gasteiger charge is -2.20. The standard InChI is InChI=1S/C21H24N6O/c1-14(16-11-10-15-6-3-4-7-17(15)12-16)22-21(28)23-19-9-5-8-18(13-19)20-24-25-26-27(20)2/h5,8-14H,3-4,6-7H2,1-2H3,(H2,22,23,28)/t14-/m0/s1. The molecule has 0 saturated heterocycles. The van der Waals surface area contributed by atoms with Crippen molar-refractivity contribution in [3.8, 4) is 11.4 Å². The lowest BCUT2D eigenvalue weighted by Crippen LogP contribution is -2.31. The van der Waals surface area contributed by atoms with Gasteiger partial charge in [0.25, 0.3) is 0 Å². The van der Waals surface area contributed by atoms with E-state index in [0.717, 1.165) is 24.0 Å². The number of aromatic nitrogens is 4. The molecular weight excluding hydrogens is 352 g/mol. The highest BCUT2D eigenvalue weighted by molar-refractivity contribution is 5.90. The van der Waals surface area contributed by atoms with Gasteiger partial charge >= 0.3 is 6.03 Å². The van der Waals surface area contributed by atoms with Crippen molar-refractivity contribution in [3.05, 3.63) is 59.2 Å². The van der Waals surface area contributed by atoms with Crippen LogP contribution in [0.25, 0.3) is 11.4 Å².